The topological polar surface area (TPSA) is 26.0 Å². The van der Waals surface area contributed by atoms with Crippen molar-refractivity contribution in [1.29, 1.82) is 0 Å². The predicted molar refractivity (Wildman–Crippen MR) is 80.7 cm³/mol. The molecule has 21 heavy (non-hydrogen) atoms. The van der Waals surface area contributed by atoms with Crippen LogP contribution in [0, 0.1) is 11.6 Å². The van der Waals surface area contributed by atoms with Crippen LogP contribution in [0.1, 0.15) is 16.3 Å². The number of fused-ring (bicyclic) bond motifs is 1. The SMILES string of the molecule is Fc1cc(C(Br)Cc2nc3ccccc3o2)c(F)cc1Cl. The molecule has 3 aromatic rings. The fraction of sp³-hybridized carbons (Fsp3) is 0.133. The van der Waals surface area contributed by atoms with Gasteiger partial charge in [0, 0.05) is 12.0 Å². The van der Waals surface area contributed by atoms with Gasteiger partial charge in [0.15, 0.2) is 11.5 Å². The molecule has 0 aliphatic carbocycles. The van der Waals surface area contributed by atoms with Gasteiger partial charge in [0.25, 0.3) is 0 Å². The molecule has 0 saturated heterocycles. The first-order chi connectivity index (χ1) is 10.0. The van der Waals surface area contributed by atoms with Gasteiger partial charge >= 0.3 is 0 Å². The highest BCUT2D eigenvalue weighted by Crippen LogP contribution is 2.32. The molecule has 1 heterocycles. The summed E-state index contributed by atoms with van der Waals surface area (Å²) >= 11 is 8.88. The lowest BCUT2D eigenvalue weighted by Crippen LogP contribution is -2.00. The molecule has 2 aromatic carbocycles. The maximum absolute atomic E-state index is 13.9. The van der Waals surface area contributed by atoms with Crippen molar-refractivity contribution in [2.45, 2.75) is 11.2 Å². The van der Waals surface area contributed by atoms with E-state index in [0.717, 1.165) is 17.6 Å². The van der Waals surface area contributed by atoms with E-state index in [4.69, 9.17) is 16.0 Å². The first kappa shape index (κ1) is 14.5. The Bertz CT molecular complexity index is 772. The molecule has 0 N–H and O–H groups in total. The minimum absolute atomic E-state index is 0.180. The second kappa shape index (κ2) is 5.73. The lowest BCUT2D eigenvalue weighted by Gasteiger charge is -2.10. The molecule has 1 unspecified atom stereocenters. The fourth-order valence-corrected chi connectivity index (χ4v) is 2.83. The number of oxazole rings is 1. The smallest absolute Gasteiger partial charge is 0.196 e. The molecule has 0 amide bonds. The minimum Gasteiger partial charge on any atom is -0.441 e. The highest BCUT2D eigenvalue weighted by atomic mass is 79.9. The largest absolute Gasteiger partial charge is 0.441 e. The molecule has 0 aliphatic rings. The first-order valence-electron chi connectivity index (χ1n) is 6.17. The van der Waals surface area contributed by atoms with Gasteiger partial charge in [0.05, 0.1) is 9.85 Å². The van der Waals surface area contributed by atoms with Crippen LogP contribution in [0.5, 0.6) is 0 Å². The van der Waals surface area contributed by atoms with E-state index in [2.05, 4.69) is 20.9 Å². The van der Waals surface area contributed by atoms with Crippen molar-refractivity contribution < 1.29 is 13.2 Å². The molecule has 1 atom stereocenters. The van der Waals surface area contributed by atoms with Crippen LogP contribution in [0.3, 0.4) is 0 Å². The van der Waals surface area contributed by atoms with Crippen molar-refractivity contribution in [1.82, 2.24) is 4.98 Å². The average Bonchev–Trinajstić information content (AvgIpc) is 2.84. The van der Waals surface area contributed by atoms with Gasteiger partial charge in [-0.1, -0.05) is 39.7 Å². The van der Waals surface area contributed by atoms with Crippen molar-refractivity contribution in [3.8, 4) is 0 Å². The molecule has 0 bridgehead atoms. The number of aromatic nitrogens is 1. The Morgan fingerprint density at radius 1 is 1.19 bits per heavy atom. The molecule has 0 radical (unpaired) electrons. The standard InChI is InChI=1S/C15H9BrClF2NO/c16-9(8-5-12(19)10(17)7-11(8)18)6-15-20-13-3-1-2-4-14(13)21-15/h1-5,7,9H,6H2. The van der Waals surface area contributed by atoms with E-state index in [-0.39, 0.29) is 10.6 Å². The van der Waals surface area contributed by atoms with Crippen LogP contribution in [0.2, 0.25) is 5.02 Å². The summed E-state index contributed by atoms with van der Waals surface area (Å²) in [6, 6.07) is 9.38. The molecule has 2 nitrogen and oxygen atoms in total. The van der Waals surface area contributed by atoms with Gasteiger partial charge in [-0.05, 0) is 24.3 Å². The van der Waals surface area contributed by atoms with Gasteiger partial charge in [-0.2, -0.15) is 0 Å². The maximum Gasteiger partial charge on any atom is 0.196 e. The van der Waals surface area contributed by atoms with Crippen LogP contribution in [-0.4, -0.2) is 4.98 Å². The third kappa shape index (κ3) is 2.94. The number of hydrogen-bond donors (Lipinski definition) is 0. The van der Waals surface area contributed by atoms with Crippen LogP contribution in [0.15, 0.2) is 40.8 Å². The molecular weight excluding hydrogens is 364 g/mol. The molecular formula is C15H9BrClF2NO. The lowest BCUT2D eigenvalue weighted by molar-refractivity contribution is 0.520. The molecule has 0 aliphatic heterocycles. The van der Waals surface area contributed by atoms with Crippen molar-refractivity contribution in [2.24, 2.45) is 0 Å². The average molecular weight is 373 g/mol. The second-order valence-corrected chi connectivity index (χ2v) is 6.05. The zero-order valence-corrected chi connectivity index (χ0v) is 13.0. The summed E-state index contributed by atoms with van der Waals surface area (Å²) in [7, 11) is 0. The molecule has 0 saturated carbocycles. The third-order valence-electron chi connectivity index (χ3n) is 3.07. The van der Waals surface area contributed by atoms with Crippen LogP contribution < -0.4 is 0 Å². The van der Waals surface area contributed by atoms with E-state index >= 15 is 0 Å². The zero-order valence-electron chi connectivity index (χ0n) is 10.6. The van der Waals surface area contributed by atoms with Gasteiger partial charge in [-0.25, -0.2) is 13.8 Å². The van der Waals surface area contributed by atoms with E-state index in [9.17, 15) is 8.78 Å². The van der Waals surface area contributed by atoms with Gasteiger partial charge in [-0.15, -0.1) is 0 Å². The summed E-state index contributed by atoms with van der Waals surface area (Å²) in [5, 5.41) is -0.238. The second-order valence-electron chi connectivity index (χ2n) is 4.53. The quantitative estimate of drug-likeness (QED) is 0.452. The number of hydrogen-bond acceptors (Lipinski definition) is 2. The van der Waals surface area contributed by atoms with E-state index in [1.807, 2.05) is 18.2 Å². The number of halogens is 4. The van der Waals surface area contributed by atoms with Crippen molar-refractivity contribution >= 4 is 38.6 Å². The van der Waals surface area contributed by atoms with Gasteiger partial charge in [0.2, 0.25) is 0 Å². The van der Waals surface area contributed by atoms with Crippen molar-refractivity contribution in [3.63, 3.8) is 0 Å². The van der Waals surface area contributed by atoms with E-state index in [0.29, 0.717) is 17.9 Å². The molecule has 6 heteroatoms. The number of alkyl halides is 1. The molecule has 0 spiro atoms. The summed E-state index contributed by atoms with van der Waals surface area (Å²) < 4.78 is 32.9. The number of benzene rings is 2. The first-order valence-corrected chi connectivity index (χ1v) is 7.47. The fourth-order valence-electron chi connectivity index (χ4n) is 2.05. The van der Waals surface area contributed by atoms with Crippen molar-refractivity contribution in [2.75, 3.05) is 0 Å². The number of para-hydroxylation sites is 2. The summed E-state index contributed by atoms with van der Waals surface area (Å²) in [5.74, 6) is -0.776. The van der Waals surface area contributed by atoms with E-state index in [1.165, 1.54) is 0 Å². The monoisotopic (exact) mass is 371 g/mol. The summed E-state index contributed by atoms with van der Waals surface area (Å²) in [6.45, 7) is 0. The Hall–Kier alpha value is -1.46. The van der Waals surface area contributed by atoms with Gasteiger partial charge in [-0.3, -0.25) is 0 Å². The summed E-state index contributed by atoms with van der Waals surface area (Å²) in [4.78, 5) is 3.85. The van der Waals surface area contributed by atoms with Crippen molar-refractivity contribution in [3.05, 3.63) is 64.5 Å². The van der Waals surface area contributed by atoms with Crippen LogP contribution in [0.4, 0.5) is 8.78 Å². The van der Waals surface area contributed by atoms with Crippen LogP contribution in [-0.2, 0) is 6.42 Å². The van der Waals surface area contributed by atoms with E-state index in [1.54, 1.807) is 6.07 Å². The molecule has 108 valence electrons. The lowest BCUT2D eigenvalue weighted by atomic mass is 10.1. The Balaban J connectivity index is 1.89. The molecule has 0 fully saturated rings. The molecule has 3 rings (SSSR count). The number of rotatable bonds is 3. The molecule has 1 aromatic heterocycles. The van der Waals surface area contributed by atoms with Gasteiger partial charge < -0.3 is 4.42 Å². The van der Waals surface area contributed by atoms with Gasteiger partial charge in [0.1, 0.15) is 17.2 Å². The predicted octanol–water partition coefficient (Wildman–Crippen LogP) is 5.44. The summed E-state index contributed by atoms with van der Waals surface area (Å²) in [6.07, 6.45) is 0.298. The zero-order chi connectivity index (χ0) is 15.0. The Morgan fingerprint density at radius 2 is 1.95 bits per heavy atom. The Morgan fingerprint density at radius 3 is 2.71 bits per heavy atom. The maximum atomic E-state index is 13.9. The normalized spacial score (nSPS) is 12.8. The Kier molecular flexibility index (Phi) is 3.95. The van der Waals surface area contributed by atoms with Crippen LogP contribution in [0.25, 0.3) is 11.1 Å². The summed E-state index contributed by atoms with van der Waals surface area (Å²) in [5.41, 5.74) is 1.57. The van der Waals surface area contributed by atoms with Crippen LogP contribution >= 0.6 is 27.5 Å². The number of nitrogens with zero attached hydrogens (tertiary/aromatic N) is 1. The highest BCUT2D eigenvalue weighted by Gasteiger charge is 2.19. The Labute approximate surface area is 132 Å². The highest BCUT2D eigenvalue weighted by molar-refractivity contribution is 9.09. The van der Waals surface area contributed by atoms with E-state index < -0.39 is 16.5 Å². The third-order valence-corrected chi connectivity index (χ3v) is 4.18. The minimum atomic E-state index is -0.657.